The molecule has 2 saturated heterocycles. The van der Waals surface area contributed by atoms with Crippen LogP contribution in [0, 0.1) is 0 Å². The molecule has 0 aromatic carbocycles. The van der Waals surface area contributed by atoms with Gasteiger partial charge in [0.05, 0.1) is 6.54 Å². The van der Waals surface area contributed by atoms with Crippen LogP contribution in [0.3, 0.4) is 0 Å². The van der Waals surface area contributed by atoms with E-state index >= 15 is 0 Å². The van der Waals surface area contributed by atoms with Crippen molar-refractivity contribution in [3.8, 4) is 0 Å². The third-order valence-electron chi connectivity index (χ3n) is 4.17. The monoisotopic (exact) mass is 318 g/mol. The molecule has 2 heterocycles. The molecule has 0 spiro atoms. The van der Waals surface area contributed by atoms with E-state index < -0.39 is 0 Å². The van der Waals surface area contributed by atoms with Crippen molar-refractivity contribution in [2.75, 3.05) is 32.7 Å². The third-order valence-corrected chi connectivity index (χ3v) is 4.17. The number of likely N-dealkylation sites (tertiary alicyclic amines) is 2. The van der Waals surface area contributed by atoms with Crippen molar-refractivity contribution in [2.45, 2.75) is 44.7 Å². The van der Waals surface area contributed by atoms with Gasteiger partial charge in [-0.05, 0) is 25.7 Å². The van der Waals surface area contributed by atoms with E-state index in [9.17, 15) is 9.59 Å². The van der Waals surface area contributed by atoms with Gasteiger partial charge in [0.15, 0.2) is 0 Å². The van der Waals surface area contributed by atoms with Gasteiger partial charge in [-0.3, -0.25) is 14.5 Å². The smallest absolute Gasteiger partial charge is 0.236 e. The highest BCUT2D eigenvalue weighted by Crippen LogP contribution is 2.12. The molecule has 0 bridgehead atoms. The van der Waals surface area contributed by atoms with E-state index in [1.165, 1.54) is 6.92 Å². The summed E-state index contributed by atoms with van der Waals surface area (Å²) >= 11 is 0. The number of carbonyl (C=O) groups excluding carboxylic acids is 2. The molecule has 1 unspecified atom stereocenters. The molecular weight excluding hydrogens is 292 g/mol. The van der Waals surface area contributed by atoms with Gasteiger partial charge in [0.2, 0.25) is 11.8 Å². The fraction of sp³-hybridized carbons (Fsp3) is 0.857. The Kier molecular flexibility index (Phi) is 7.42. The minimum atomic E-state index is -0.0192. The molecule has 0 saturated carbocycles. The average molecular weight is 319 g/mol. The topological polar surface area (TPSA) is 78.7 Å². The van der Waals surface area contributed by atoms with Gasteiger partial charge in [0.1, 0.15) is 0 Å². The first kappa shape index (κ1) is 18.2. The Hall–Kier alpha value is -0.850. The highest BCUT2D eigenvalue weighted by atomic mass is 35.5. The van der Waals surface area contributed by atoms with Gasteiger partial charge in [0, 0.05) is 45.2 Å². The van der Waals surface area contributed by atoms with Crippen LogP contribution in [0.15, 0.2) is 0 Å². The molecule has 2 aliphatic rings. The summed E-state index contributed by atoms with van der Waals surface area (Å²) in [7, 11) is 0. The number of hydrogen-bond acceptors (Lipinski definition) is 4. The highest BCUT2D eigenvalue weighted by Gasteiger charge is 2.26. The van der Waals surface area contributed by atoms with E-state index in [4.69, 9.17) is 5.73 Å². The lowest BCUT2D eigenvalue weighted by Crippen LogP contribution is -2.52. The molecule has 21 heavy (non-hydrogen) atoms. The van der Waals surface area contributed by atoms with Crippen LogP contribution in [0.5, 0.6) is 0 Å². The molecule has 2 rings (SSSR count). The van der Waals surface area contributed by atoms with Gasteiger partial charge < -0.3 is 16.0 Å². The van der Waals surface area contributed by atoms with E-state index in [1.807, 2.05) is 4.90 Å². The van der Waals surface area contributed by atoms with Crippen LogP contribution < -0.4 is 11.1 Å². The Morgan fingerprint density at radius 3 is 2.48 bits per heavy atom. The van der Waals surface area contributed by atoms with Crippen LogP contribution >= 0.6 is 12.4 Å². The largest absolute Gasteiger partial charge is 0.352 e. The standard InChI is InChI=1S/C14H26N4O2.ClH/c1-11(19)16-13-3-2-6-18(9-13)14(20)10-17-7-4-12(15)5-8-17;/h12-13H,2-10,15H2,1H3,(H,16,19);1H. The van der Waals surface area contributed by atoms with E-state index in [2.05, 4.69) is 10.2 Å². The highest BCUT2D eigenvalue weighted by molar-refractivity contribution is 5.85. The summed E-state index contributed by atoms with van der Waals surface area (Å²) in [6.07, 6.45) is 3.87. The van der Waals surface area contributed by atoms with Crippen molar-refractivity contribution in [1.82, 2.24) is 15.1 Å². The minimum Gasteiger partial charge on any atom is -0.352 e. The molecule has 2 amide bonds. The maximum atomic E-state index is 12.3. The average Bonchev–Trinajstić information content (AvgIpc) is 2.41. The lowest BCUT2D eigenvalue weighted by Gasteiger charge is -2.35. The first-order valence-electron chi connectivity index (χ1n) is 7.57. The SMILES string of the molecule is CC(=O)NC1CCCN(C(=O)CN2CCC(N)CC2)C1.Cl. The number of nitrogens with zero attached hydrogens (tertiary/aromatic N) is 2. The van der Waals surface area contributed by atoms with Gasteiger partial charge in [0.25, 0.3) is 0 Å². The van der Waals surface area contributed by atoms with Crippen LogP contribution in [-0.2, 0) is 9.59 Å². The van der Waals surface area contributed by atoms with Gasteiger partial charge in [-0.1, -0.05) is 0 Å². The van der Waals surface area contributed by atoms with Crippen LogP contribution in [0.4, 0.5) is 0 Å². The van der Waals surface area contributed by atoms with E-state index in [0.29, 0.717) is 19.1 Å². The van der Waals surface area contributed by atoms with Crippen molar-refractivity contribution < 1.29 is 9.59 Å². The number of piperidine rings is 2. The molecule has 6 nitrogen and oxygen atoms in total. The molecule has 2 fully saturated rings. The van der Waals surface area contributed by atoms with Crippen molar-refractivity contribution >= 4 is 24.2 Å². The summed E-state index contributed by atoms with van der Waals surface area (Å²) in [6, 6.07) is 0.403. The van der Waals surface area contributed by atoms with Gasteiger partial charge in [-0.2, -0.15) is 0 Å². The van der Waals surface area contributed by atoms with E-state index in [1.54, 1.807) is 0 Å². The first-order valence-corrected chi connectivity index (χ1v) is 7.57. The van der Waals surface area contributed by atoms with Gasteiger partial charge in [-0.25, -0.2) is 0 Å². The van der Waals surface area contributed by atoms with Crippen LogP contribution in [0.1, 0.15) is 32.6 Å². The molecule has 0 aromatic rings. The minimum absolute atomic E-state index is 0. The molecule has 1 atom stereocenters. The van der Waals surface area contributed by atoms with E-state index in [0.717, 1.165) is 45.3 Å². The lowest BCUT2D eigenvalue weighted by molar-refractivity contribution is -0.134. The summed E-state index contributed by atoms with van der Waals surface area (Å²) in [5, 5.41) is 2.91. The molecule has 122 valence electrons. The molecular formula is C14H27ClN4O2. The predicted molar refractivity (Wildman–Crippen MR) is 84.3 cm³/mol. The number of hydrogen-bond donors (Lipinski definition) is 2. The van der Waals surface area contributed by atoms with Gasteiger partial charge >= 0.3 is 0 Å². The summed E-state index contributed by atoms with van der Waals surface area (Å²) in [4.78, 5) is 27.5. The summed E-state index contributed by atoms with van der Waals surface area (Å²) in [5.74, 6) is 0.157. The molecule has 0 aromatic heterocycles. The zero-order valence-corrected chi connectivity index (χ0v) is 13.5. The molecule has 3 N–H and O–H groups in total. The Labute approximate surface area is 132 Å². The second-order valence-corrected chi connectivity index (χ2v) is 5.99. The van der Waals surface area contributed by atoms with Gasteiger partial charge in [-0.15, -0.1) is 12.4 Å². The zero-order chi connectivity index (χ0) is 14.5. The zero-order valence-electron chi connectivity index (χ0n) is 12.7. The number of rotatable bonds is 3. The van der Waals surface area contributed by atoms with Crippen LogP contribution in [-0.4, -0.2) is 66.4 Å². The molecule has 0 aliphatic carbocycles. The summed E-state index contributed by atoms with van der Waals surface area (Å²) in [5.41, 5.74) is 5.87. The Morgan fingerprint density at radius 2 is 1.86 bits per heavy atom. The third kappa shape index (κ3) is 5.80. The molecule has 7 heteroatoms. The maximum Gasteiger partial charge on any atom is 0.236 e. The van der Waals surface area contributed by atoms with Crippen molar-refractivity contribution in [1.29, 1.82) is 0 Å². The Balaban J connectivity index is 0.00000220. The number of amides is 2. The molecule has 0 radical (unpaired) electrons. The van der Waals surface area contributed by atoms with Crippen LogP contribution in [0.2, 0.25) is 0 Å². The van der Waals surface area contributed by atoms with Crippen LogP contribution in [0.25, 0.3) is 0 Å². The van der Waals surface area contributed by atoms with Crippen molar-refractivity contribution in [3.63, 3.8) is 0 Å². The summed E-state index contributed by atoms with van der Waals surface area (Å²) in [6.45, 7) is 5.29. The Bertz CT molecular complexity index is 359. The second-order valence-electron chi connectivity index (χ2n) is 5.99. The summed E-state index contributed by atoms with van der Waals surface area (Å²) < 4.78 is 0. The molecule has 2 aliphatic heterocycles. The number of nitrogens with two attached hydrogens (primary N) is 1. The van der Waals surface area contributed by atoms with E-state index in [-0.39, 0.29) is 30.3 Å². The van der Waals surface area contributed by atoms with Crippen molar-refractivity contribution in [2.24, 2.45) is 5.73 Å². The fourth-order valence-corrected chi connectivity index (χ4v) is 3.01. The number of halogens is 1. The number of nitrogens with one attached hydrogen (secondary N) is 1. The lowest BCUT2D eigenvalue weighted by atomic mass is 10.0. The Morgan fingerprint density at radius 1 is 1.19 bits per heavy atom. The fourth-order valence-electron chi connectivity index (χ4n) is 3.01. The maximum absolute atomic E-state index is 12.3. The van der Waals surface area contributed by atoms with Crippen molar-refractivity contribution in [3.05, 3.63) is 0 Å². The first-order chi connectivity index (χ1) is 9.54. The number of carbonyl (C=O) groups is 2. The quantitative estimate of drug-likeness (QED) is 0.765. The second kappa shape index (κ2) is 8.56. The predicted octanol–water partition coefficient (Wildman–Crippen LogP) is -0.0416. The normalized spacial score (nSPS) is 24.3.